The van der Waals surface area contributed by atoms with Crippen molar-refractivity contribution in [2.45, 2.75) is 137 Å². The Balaban J connectivity index is 3.31. The molecule has 0 heterocycles. The fourth-order valence-corrected chi connectivity index (χ4v) is 3.98. The first-order chi connectivity index (χ1) is 13.8. The van der Waals surface area contributed by atoms with Crippen molar-refractivity contribution in [1.29, 1.82) is 0 Å². The first-order valence-corrected chi connectivity index (χ1v) is 12.5. The predicted octanol–water partition coefficient (Wildman–Crippen LogP) is 9.03. The minimum Gasteiger partial charge on any atom is -0.466 e. The number of unbranched alkanes of at least 4 members (excludes halogenated alkanes) is 13. The zero-order valence-corrected chi connectivity index (χ0v) is 20.8. The summed E-state index contributed by atoms with van der Waals surface area (Å²) in [6.45, 7) is 11.1. The van der Waals surface area contributed by atoms with E-state index in [4.69, 9.17) is 4.74 Å². The lowest BCUT2D eigenvalue weighted by atomic mass is 9.89. The summed E-state index contributed by atoms with van der Waals surface area (Å²) in [6, 6.07) is 0. The molecule has 0 aromatic rings. The smallest absolute Gasteiger partial charge is 0.333 e. The number of hydrogen-bond donors (Lipinski definition) is 0. The summed E-state index contributed by atoms with van der Waals surface area (Å²) < 4.78 is 4.75. The van der Waals surface area contributed by atoms with Crippen LogP contribution in [0, 0.1) is 11.3 Å². The van der Waals surface area contributed by atoms with Gasteiger partial charge in [-0.05, 0) is 31.1 Å². The molecule has 0 rings (SSSR count). The Hall–Kier alpha value is -0.790. The average molecular weight is 409 g/mol. The molecule has 0 bridgehead atoms. The van der Waals surface area contributed by atoms with Crippen molar-refractivity contribution in [2.75, 3.05) is 7.11 Å². The minimum atomic E-state index is -0.201. The molecule has 1 unspecified atom stereocenters. The van der Waals surface area contributed by atoms with E-state index in [2.05, 4.69) is 33.8 Å². The van der Waals surface area contributed by atoms with Crippen LogP contribution in [-0.4, -0.2) is 13.1 Å². The van der Waals surface area contributed by atoms with Crippen LogP contribution in [0.1, 0.15) is 137 Å². The Morgan fingerprint density at radius 3 is 1.52 bits per heavy atom. The maximum absolute atomic E-state index is 11.4. The van der Waals surface area contributed by atoms with Gasteiger partial charge in [0.05, 0.1) is 7.11 Å². The number of hydrogen-bond acceptors (Lipinski definition) is 2. The molecule has 0 radical (unpaired) electrons. The number of esters is 1. The van der Waals surface area contributed by atoms with Crippen molar-refractivity contribution >= 4 is 5.97 Å². The first kappa shape index (κ1) is 28.2. The van der Waals surface area contributed by atoms with Gasteiger partial charge in [-0.25, -0.2) is 4.79 Å². The van der Waals surface area contributed by atoms with Crippen molar-refractivity contribution in [3.05, 3.63) is 11.6 Å². The highest BCUT2D eigenvalue weighted by atomic mass is 16.5. The van der Waals surface area contributed by atoms with Gasteiger partial charge in [0.2, 0.25) is 0 Å². The Morgan fingerprint density at radius 1 is 0.759 bits per heavy atom. The molecule has 2 heteroatoms. The third kappa shape index (κ3) is 20.3. The van der Waals surface area contributed by atoms with Gasteiger partial charge >= 0.3 is 5.97 Å². The Labute approximate surface area is 183 Å². The topological polar surface area (TPSA) is 26.3 Å². The van der Waals surface area contributed by atoms with Crippen LogP contribution in [0.3, 0.4) is 0 Å². The second-order valence-corrected chi connectivity index (χ2v) is 10.4. The molecule has 0 fully saturated rings. The van der Waals surface area contributed by atoms with Crippen LogP contribution < -0.4 is 0 Å². The fourth-order valence-electron chi connectivity index (χ4n) is 3.98. The van der Waals surface area contributed by atoms with Gasteiger partial charge in [-0.15, -0.1) is 0 Å². The quantitative estimate of drug-likeness (QED) is 0.128. The van der Waals surface area contributed by atoms with Crippen molar-refractivity contribution in [2.24, 2.45) is 11.3 Å². The van der Waals surface area contributed by atoms with Crippen molar-refractivity contribution in [3.63, 3.8) is 0 Å². The summed E-state index contributed by atoms with van der Waals surface area (Å²) in [7, 11) is 1.44. The van der Waals surface area contributed by atoms with Crippen LogP contribution in [0.5, 0.6) is 0 Å². The summed E-state index contributed by atoms with van der Waals surface area (Å²) in [5.74, 6) is 0.264. The number of ether oxygens (including phenoxy) is 1. The summed E-state index contributed by atoms with van der Waals surface area (Å²) in [5.41, 5.74) is 1.25. The molecule has 0 N–H and O–H groups in total. The number of rotatable bonds is 18. The number of allylic oxidation sites excluding steroid dienone is 1. The van der Waals surface area contributed by atoms with Crippen LogP contribution in [0.15, 0.2) is 11.6 Å². The zero-order valence-electron chi connectivity index (χ0n) is 20.8. The molecule has 0 aliphatic heterocycles. The Kier molecular flexibility index (Phi) is 17.5. The number of carbonyl (C=O) groups is 1. The SMILES string of the molecule is COC(=O)/C(C)=C\C(C)CCCCCCCCCCCCCCCCC(C)(C)C. The van der Waals surface area contributed by atoms with Gasteiger partial charge < -0.3 is 4.74 Å². The van der Waals surface area contributed by atoms with Crippen molar-refractivity contribution in [3.8, 4) is 0 Å². The van der Waals surface area contributed by atoms with Crippen molar-refractivity contribution < 1.29 is 9.53 Å². The fraction of sp³-hybridized carbons (Fsp3) is 0.889. The van der Waals surface area contributed by atoms with E-state index in [1.807, 2.05) is 6.92 Å². The monoisotopic (exact) mass is 408 g/mol. The molecule has 0 saturated carbocycles. The second-order valence-electron chi connectivity index (χ2n) is 10.4. The summed E-state index contributed by atoms with van der Waals surface area (Å²) >= 11 is 0. The summed E-state index contributed by atoms with van der Waals surface area (Å²) in [5, 5.41) is 0. The minimum absolute atomic E-state index is 0.201. The predicted molar refractivity (Wildman–Crippen MR) is 128 cm³/mol. The molecule has 0 saturated heterocycles. The van der Waals surface area contributed by atoms with E-state index < -0.39 is 0 Å². The first-order valence-electron chi connectivity index (χ1n) is 12.5. The Morgan fingerprint density at radius 2 is 1.14 bits per heavy atom. The van der Waals surface area contributed by atoms with E-state index in [-0.39, 0.29) is 5.97 Å². The molecule has 0 amide bonds. The van der Waals surface area contributed by atoms with E-state index in [9.17, 15) is 4.79 Å². The molecular formula is C27H52O2. The van der Waals surface area contributed by atoms with Gasteiger partial charge in [0.25, 0.3) is 0 Å². The lowest BCUT2D eigenvalue weighted by molar-refractivity contribution is -0.136. The van der Waals surface area contributed by atoms with Gasteiger partial charge in [0.15, 0.2) is 0 Å². The van der Waals surface area contributed by atoms with Crippen molar-refractivity contribution in [1.82, 2.24) is 0 Å². The molecule has 0 spiro atoms. The third-order valence-corrected chi connectivity index (χ3v) is 5.88. The largest absolute Gasteiger partial charge is 0.466 e. The molecule has 1 atom stereocenters. The van der Waals surface area contributed by atoms with Gasteiger partial charge in [0, 0.05) is 5.57 Å². The molecule has 0 aromatic carbocycles. The molecule has 29 heavy (non-hydrogen) atoms. The van der Waals surface area contributed by atoms with Gasteiger partial charge in [-0.3, -0.25) is 0 Å². The third-order valence-electron chi connectivity index (χ3n) is 5.88. The van der Waals surface area contributed by atoms with E-state index in [0.717, 1.165) is 5.57 Å². The van der Waals surface area contributed by atoms with E-state index in [1.165, 1.54) is 110 Å². The summed E-state index contributed by atoms with van der Waals surface area (Å²) in [6.07, 6.45) is 24.2. The van der Waals surface area contributed by atoms with Gasteiger partial charge in [-0.1, -0.05) is 124 Å². The van der Waals surface area contributed by atoms with E-state index in [1.54, 1.807) is 0 Å². The average Bonchev–Trinajstić information content (AvgIpc) is 2.65. The van der Waals surface area contributed by atoms with Crippen LogP contribution >= 0.6 is 0 Å². The maximum atomic E-state index is 11.4. The van der Waals surface area contributed by atoms with Crippen LogP contribution in [-0.2, 0) is 9.53 Å². The molecule has 0 aliphatic carbocycles. The number of methoxy groups -OCH3 is 1. The van der Waals surface area contributed by atoms with E-state index in [0.29, 0.717) is 11.3 Å². The highest BCUT2D eigenvalue weighted by molar-refractivity contribution is 5.87. The lowest BCUT2D eigenvalue weighted by Crippen LogP contribution is -2.03. The van der Waals surface area contributed by atoms with Gasteiger partial charge in [-0.2, -0.15) is 0 Å². The molecule has 172 valence electrons. The molecule has 0 aliphatic rings. The van der Waals surface area contributed by atoms with Crippen LogP contribution in [0.4, 0.5) is 0 Å². The standard InChI is InChI=1S/C27H52O2/c1-24(23-25(2)26(28)29-6)21-19-17-15-13-11-9-7-8-10-12-14-16-18-20-22-27(3,4)5/h23-24H,7-22H2,1-6H3/b25-23-. The van der Waals surface area contributed by atoms with E-state index >= 15 is 0 Å². The normalized spacial score (nSPS) is 13.5. The van der Waals surface area contributed by atoms with Crippen LogP contribution in [0.2, 0.25) is 0 Å². The van der Waals surface area contributed by atoms with Gasteiger partial charge in [0.1, 0.15) is 0 Å². The number of carbonyl (C=O) groups excluding carboxylic acids is 1. The zero-order chi connectivity index (χ0) is 22.0. The summed E-state index contributed by atoms with van der Waals surface area (Å²) in [4.78, 5) is 11.4. The lowest BCUT2D eigenvalue weighted by Gasteiger charge is -2.17. The molecule has 2 nitrogen and oxygen atoms in total. The highest BCUT2D eigenvalue weighted by Gasteiger charge is 2.08. The molecule has 0 aromatic heterocycles. The van der Waals surface area contributed by atoms with Crippen LogP contribution in [0.25, 0.3) is 0 Å². The Bertz CT molecular complexity index is 417. The molecular weight excluding hydrogens is 356 g/mol. The maximum Gasteiger partial charge on any atom is 0.333 e. The highest BCUT2D eigenvalue weighted by Crippen LogP contribution is 2.22. The second kappa shape index (κ2) is 18.0.